The lowest BCUT2D eigenvalue weighted by Crippen LogP contribution is -2.23. The minimum atomic E-state index is -0.515. The van der Waals surface area contributed by atoms with Gasteiger partial charge in [-0.15, -0.1) is 0 Å². The first-order valence-corrected chi connectivity index (χ1v) is 5.47. The van der Waals surface area contributed by atoms with Crippen molar-refractivity contribution in [2.75, 3.05) is 26.3 Å². The summed E-state index contributed by atoms with van der Waals surface area (Å²) in [4.78, 5) is 21.6. The molecule has 0 heterocycles. The normalized spacial score (nSPS) is 7.89. The number of carbonyl (C=O) groups is 2. The predicted molar refractivity (Wildman–Crippen MR) is 65.6 cm³/mol. The Morgan fingerprint density at radius 1 is 0.889 bits per heavy atom. The van der Waals surface area contributed by atoms with E-state index in [1.54, 1.807) is 13.8 Å². The second-order valence-corrected chi connectivity index (χ2v) is 2.82. The fourth-order valence-corrected chi connectivity index (χ4v) is 0.755. The quantitative estimate of drug-likeness (QED) is 0.714. The van der Waals surface area contributed by atoms with Gasteiger partial charge in [-0.05, 0) is 37.5 Å². The Hall–Kier alpha value is -2.34. The Bertz CT molecular complexity index is 346. The first-order valence-electron chi connectivity index (χ1n) is 5.47. The maximum Gasteiger partial charge on any atom is 0.408 e. The van der Waals surface area contributed by atoms with Crippen LogP contribution in [0.25, 0.3) is 0 Å². The Labute approximate surface area is 106 Å². The molecule has 6 nitrogen and oxygen atoms in total. The molecule has 2 amide bonds. The van der Waals surface area contributed by atoms with Crippen molar-refractivity contribution in [1.29, 1.82) is 0 Å². The molecule has 0 rings (SSSR count). The lowest BCUT2D eigenvalue weighted by Gasteiger charge is -1.99. The monoisotopic (exact) mass is 252 g/mol. The Morgan fingerprint density at radius 3 is 1.61 bits per heavy atom. The van der Waals surface area contributed by atoms with Crippen LogP contribution in [0.15, 0.2) is 0 Å². The second-order valence-electron chi connectivity index (χ2n) is 2.82. The van der Waals surface area contributed by atoms with Gasteiger partial charge in [-0.1, -0.05) is 0 Å². The summed E-state index contributed by atoms with van der Waals surface area (Å²) in [6.45, 7) is 4.52. The molecule has 0 spiro atoms. The van der Waals surface area contributed by atoms with E-state index in [9.17, 15) is 9.59 Å². The molecule has 0 unspecified atom stereocenters. The molecule has 0 aliphatic carbocycles. The highest BCUT2D eigenvalue weighted by Crippen LogP contribution is 1.76. The smallest absolute Gasteiger partial charge is 0.408 e. The van der Waals surface area contributed by atoms with E-state index >= 15 is 0 Å². The molecule has 98 valence electrons. The van der Waals surface area contributed by atoms with Crippen LogP contribution >= 0.6 is 0 Å². The number of nitrogens with one attached hydrogen (secondary N) is 2. The van der Waals surface area contributed by atoms with Crippen molar-refractivity contribution in [3.8, 4) is 23.7 Å². The van der Waals surface area contributed by atoms with Crippen molar-refractivity contribution >= 4 is 12.2 Å². The van der Waals surface area contributed by atoms with Crippen molar-refractivity contribution < 1.29 is 19.1 Å². The summed E-state index contributed by atoms with van der Waals surface area (Å²) in [5.74, 6) is 9.97. The van der Waals surface area contributed by atoms with E-state index in [0.29, 0.717) is 13.1 Å². The van der Waals surface area contributed by atoms with Crippen molar-refractivity contribution in [2.45, 2.75) is 13.8 Å². The highest BCUT2D eigenvalue weighted by atomic mass is 16.6. The summed E-state index contributed by atoms with van der Waals surface area (Å²) in [6.07, 6.45) is -1.03. The van der Waals surface area contributed by atoms with Crippen LogP contribution in [0.3, 0.4) is 0 Å². The van der Waals surface area contributed by atoms with Crippen LogP contribution in [0.4, 0.5) is 9.59 Å². The van der Waals surface area contributed by atoms with Crippen molar-refractivity contribution in [1.82, 2.24) is 10.6 Å². The predicted octanol–water partition coefficient (Wildman–Crippen LogP) is 0.485. The molecule has 0 aromatic heterocycles. The van der Waals surface area contributed by atoms with Gasteiger partial charge in [0, 0.05) is 13.1 Å². The number of alkyl carbamates (subject to hydrolysis) is 2. The largest absolute Gasteiger partial charge is 0.436 e. The van der Waals surface area contributed by atoms with Crippen LogP contribution in [-0.2, 0) is 9.47 Å². The zero-order chi connectivity index (χ0) is 13.6. The van der Waals surface area contributed by atoms with Crippen LogP contribution in [0.2, 0.25) is 0 Å². The Morgan fingerprint density at radius 2 is 1.28 bits per heavy atom. The summed E-state index contributed by atoms with van der Waals surface area (Å²) in [5, 5.41) is 4.90. The van der Waals surface area contributed by atoms with Crippen molar-refractivity contribution in [3.05, 3.63) is 0 Å². The lowest BCUT2D eigenvalue weighted by molar-refractivity contribution is 0.159. The molecule has 0 fully saturated rings. The number of carbonyl (C=O) groups excluding carboxylic acids is 2. The SMILES string of the molecule is CCNC(=O)OCC#CC#CCOC(=O)NCC. The van der Waals surface area contributed by atoms with E-state index < -0.39 is 12.2 Å². The highest BCUT2D eigenvalue weighted by Gasteiger charge is 1.95. The maximum atomic E-state index is 10.8. The average molecular weight is 252 g/mol. The van der Waals surface area contributed by atoms with Crippen LogP contribution in [0, 0.1) is 23.7 Å². The minimum absolute atomic E-state index is 0.0301. The third-order valence-electron chi connectivity index (χ3n) is 1.43. The number of rotatable bonds is 4. The van der Waals surface area contributed by atoms with E-state index in [1.165, 1.54) is 0 Å². The zero-order valence-electron chi connectivity index (χ0n) is 10.5. The van der Waals surface area contributed by atoms with E-state index in [-0.39, 0.29) is 13.2 Å². The Kier molecular flexibility index (Phi) is 9.70. The molecule has 0 radical (unpaired) electrons. The van der Waals surface area contributed by atoms with E-state index in [2.05, 4.69) is 43.8 Å². The molecule has 6 heteroatoms. The molecule has 0 aliphatic rings. The fraction of sp³-hybridized carbons (Fsp3) is 0.500. The molecule has 0 atom stereocenters. The van der Waals surface area contributed by atoms with Crippen LogP contribution in [-0.4, -0.2) is 38.5 Å². The fourth-order valence-electron chi connectivity index (χ4n) is 0.755. The van der Waals surface area contributed by atoms with Gasteiger partial charge in [-0.2, -0.15) is 0 Å². The van der Waals surface area contributed by atoms with Crippen LogP contribution in [0.1, 0.15) is 13.8 Å². The van der Waals surface area contributed by atoms with Crippen LogP contribution < -0.4 is 10.6 Å². The van der Waals surface area contributed by atoms with Gasteiger partial charge in [0.2, 0.25) is 0 Å². The molecular weight excluding hydrogens is 236 g/mol. The number of ether oxygens (including phenoxy) is 2. The number of amides is 2. The molecule has 0 bridgehead atoms. The molecule has 0 saturated carbocycles. The van der Waals surface area contributed by atoms with Gasteiger partial charge in [-0.25, -0.2) is 9.59 Å². The van der Waals surface area contributed by atoms with E-state index in [4.69, 9.17) is 0 Å². The summed E-state index contributed by atoms with van der Waals surface area (Å²) in [7, 11) is 0. The summed E-state index contributed by atoms with van der Waals surface area (Å²) in [5.41, 5.74) is 0. The minimum Gasteiger partial charge on any atom is -0.436 e. The maximum absolute atomic E-state index is 10.8. The van der Waals surface area contributed by atoms with Gasteiger partial charge in [0.1, 0.15) is 0 Å². The topological polar surface area (TPSA) is 76.7 Å². The number of hydrogen-bond donors (Lipinski definition) is 2. The van der Waals surface area contributed by atoms with Gasteiger partial charge in [-0.3, -0.25) is 0 Å². The molecule has 18 heavy (non-hydrogen) atoms. The van der Waals surface area contributed by atoms with E-state index in [1.807, 2.05) is 0 Å². The van der Waals surface area contributed by atoms with Gasteiger partial charge < -0.3 is 20.1 Å². The van der Waals surface area contributed by atoms with E-state index in [0.717, 1.165) is 0 Å². The first kappa shape index (κ1) is 15.7. The molecule has 2 N–H and O–H groups in total. The Balaban J connectivity index is 3.65. The van der Waals surface area contributed by atoms with Gasteiger partial charge in [0.15, 0.2) is 13.2 Å². The molecule has 0 aromatic carbocycles. The van der Waals surface area contributed by atoms with Gasteiger partial charge in [0.05, 0.1) is 0 Å². The summed E-state index contributed by atoms with van der Waals surface area (Å²) < 4.78 is 9.34. The molecular formula is C12H16N2O4. The molecule has 0 aromatic rings. The average Bonchev–Trinajstić information content (AvgIpc) is 2.33. The lowest BCUT2D eigenvalue weighted by atomic mass is 10.5. The summed E-state index contributed by atoms with van der Waals surface area (Å²) >= 11 is 0. The van der Waals surface area contributed by atoms with Crippen LogP contribution in [0.5, 0.6) is 0 Å². The summed E-state index contributed by atoms with van der Waals surface area (Å²) in [6, 6.07) is 0. The highest BCUT2D eigenvalue weighted by molar-refractivity contribution is 5.67. The second kappa shape index (κ2) is 11.2. The van der Waals surface area contributed by atoms with Gasteiger partial charge in [0.25, 0.3) is 0 Å². The number of hydrogen-bond acceptors (Lipinski definition) is 4. The third kappa shape index (κ3) is 10.2. The molecule has 0 saturated heterocycles. The van der Waals surface area contributed by atoms with Gasteiger partial charge >= 0.3 is 12.2 Å². The standard InChI is InChI=1S/C12H16N2O4/c1-3-13-11(15)17-9-7-5-6-8-10-18-12(16)14-4-2/h3-4,9-10H2,1-2H3,(H,13,15)(H,14,16). The van der Waals surface area contributed by atoms with Crippen molar-refractivity contribution in [3.63, 3.8) is 0 Å². The molecule has 0 aliphatic heterocycles. The third-order valence-corrected chi connectivity index (χ3v) is 1.43. The zero-order valence-corrected chi connectivity index (χ0v) is 10.5. The first-order chi connectivity index (χ1) is 8.70. The van der Waals surface area contributed by atoms with Crippen molar-refractivity contribution in [2.24, 2.45) is 0 Å².